The van der Waals surface area contributed by atoms with E-state index in [0.717, 1.165) is 23.8 Å². The molecule has 2 aliphatic rings. The van der Waals surface area contributed by atoms with E-state index in [2.05, 4.69) is 10.1 Å². The van der Waals surface area contributed by atoms with Gasteiger partial charge in [-0.25, -0.2) is 4.98 Å². The Labute approximate surface area is 151 Å². The van der Waals surface area contributed by atoms with Crippen LogP contribution < -0.4 is 0 Å². The summed E-state index contributed by atoms with van der Waals surface area (Å²) in [6.45, 7) is 2.52. The molecule has 1 aliphatic heterocycles. The zero-order valence-electron chi connectivity index (χ0n) is 14.2. The largest absolute Gasteiger partial charge is 0.380 e. The van der Waals surface area contributed by atoms with Crippen molar-refractivity contribution in [2.45, 2.75) is 25.3 Å². The van der Waals surface area contributed by atoms with Crippen LogP contribution in [0.25, 0.3) is 0 Å². The van der Waals surface area contributed by atoms with Gasteiger partial charge in [0.1, 0.15) is 10.8 Å². The number of halogens is 1. The quantitative estimate of drug-likeness (QED) is 0.769. The summed E-state index contributed by atoms with van der Waals surface area (Å²) in [6, 6.07) is 5.12. The average molecular weight is 361 g/mol. The van der Waals surface area contributed by atoms with Crippen molar-refractivity contribution in [2.24, 2.45) is 13.0 Å². The molecule has 0 N–H and O–H groups in total. The summed E-state index contributed by atoms with van der Waals surface area (Å²) in [4.78, 5) is 18.8. The Hall–Kier alpha value is -1.92. The Bertz CT molecular complexity index is 787. The first-order valence-corrected chi connectivity index (χ1v) is 9.00. The maximum atomic E-state index is 12.8. The van der Waals surface area contributed by atoms with Crippen LogP contribution in [0.1, 0.15) is 40.5 Å². The number of aromatic nitrogens is 3. The lowest BCUT2D eigenvalue weighted by molar-refractivity contribution is 0.0620. The fraction of sp³-hybridized carbons (Fsp3) is 0.500. The van der Waals surface area contributed by atoms with Gasteiger partial charge in [0.25, 0.3) is 5.91 Å². The highest BCUT2D eigenvalue weighted by molar-refractivity contribution is 6.29. The molecule has 2 aromatic heterocycles. The van der Waals surface area contributed by atoms with E-state index in [1.165, 1.54) is 12.8 Å². The van der Waals surface area contributed by atoms with Gasteiger partial charge in [-0.2, -0.15) is 5.10 Å². The molecule has 1 aliphatic carbocycles. The van der Waals surface area contributed by atoms with Crippen LogP contribution in [-0.4, -0.2) is 45.3 Å². The third kappa shape index (κ3) is 3.70. The fourth-order valence-corrected chi connectivity index (χ4v) is 3.44. The molecular weight excluding hydrogens is 340 g/mol. The second-order valence-corrected chi connectivity index (χ2v) is 7.31. The van der Waals surface area contributed by atoms with Crippen molar-refractivity contribution in [1.29, 1.82) is 0 Å². The first-order valence-electron chi connectivity index (χ1n) is 8.62. The Morgan fingerprint density at radius 3 is 2.96 bits per heavy atom. The number of rotatable bonds is 5. The molecule has 6 nitrogen and oxygen atoms in total. The van der Waals surface area contributed by atoms with Gasteiger partial charge in [0, 0.05) is 44.4 Å². The third-order valence-electron chi connectivity index (χ3n) is 4.72. The van der Waals surface area contributed by atoms with E-state index in [9.17, 15) is 4.79 Å². The zero-order chi connectivity index (χ0) is 17.4. The standard InChI is InChI=1S/C18H21ClN4O2/c1-22-7-13-8-23(18(24)15-3-2-4-16(19)20-15)9-14(17(13)21-22)11-25-10-12-5-6-12/h2-4,7,12,14H,5-6,8-11H2,1H3. The molecule has 0 saturated heterocycles. The lowest BCUT2D eigenvalue weighted by atomic mass is 9.97. The van der Waals surface area contributed by atoms with Crippen LogP contribution in [0.2, 0.25) is 5.15 Å². The summed E-state index contributed by atoms with van der Waals surface area (Å²) >= 11 is 5.93. The summed E-state index contributed by atoms with van der Waals surface area (Å²) in [5.41, 5.74) is 2.49. The highest BCUT2D eigenvalue weighted by atomic mass is 35.5. The van der Waals surface area contributed by atoms with E-state index in [1.807, 2.05) is 22.8 Å². The van der Waals surface area contributed by atoms with Gasteiger partial charge in [-0.05, 0) is 30.9 Å². The van der Waals surface area contributed by atoms with Crippen molar-refractivity contribution in [3.05, 3.63) is 46.5 Å². The normalized spacial score (nSPS) is 19.8. The zero-order valence-corrected chi connectivity index (χ0v) is 14.9. The minimum absolute atomic E-state index is 0.0897. The van der Waals surface area contributed by atoms with E-state index >= 15 is 0 Å². The fourth-order valence-electron chi connectivity index (χ4n) is 3.28. The molecule has 25 heavy (non-hydrogen) atoms. The number of fused-ring (bicyclic) bond motifs is 1. The summed E-state index contributed by atoms with van der Waals surface area (Å²) in [6.07, 6.45) is 4.52. The Kier molecular flexibility index (Phi) is 4.48. The summed E-state index contributed by atoms with van der Waals surface area (Å²) in [7, 11) is 1.91. The first kappa shape index (κ1) is 16.5. The molecular formula is C18H21ClN4O2. The molecule has 0 bridgehead atoms. The van der Waals surface area contributed by atoms with E-state index in [1.54, 1.807) is 18.2 Å². The number of hydrogen-bond acceptors (Lipinski definition) is 4. The van der Waals surface area contributed by atoms with Gasteiger partial charge in [-0.3, -0.25) is 9.48 Å². The van der Waals surface area contributed by atoms with Crippen LogP contribution in [0, 0.1) is 5.92 Å². The highest BCUT2D eigenvalue weighted by Crippen LogP contribution is 2.31. The highest BCUT2D eigenvalue weighted by Gasteiger charge is 2.32. The van der Waals surface area contributed by atoms with Gasteiger partial charge in [0.15, 0.2) is 0 Å². The van der Waals surface area contributed by atoms with Gasteiger partial charge in [-0.1, -0.05) is 17.7 Å². The second kappa shape index (κ2) is 6.77. The number of hydrogen-bond donors (Lipinski definition) is 0. The predicted octanol–water partition coefficient (Wildman–Crippen LogP) is 2.63. The van der Waals surface area contributed by atoms with Crippen molar-refractivity contribution in [2.75, 3.05) is 19.8 Å². The minimum Gasteiger partial charge on any atom is -0.380 e. The van der Waals surface area contributed by atoms with Gasteiger partial charge in [0.05, 0.1) is 12.3 Å². The SMILES string of the molecule is Cn1cc2c(n1)C(COCC1CC1)CN(C(=O)c1cccc(Cl)n1)C2. The number of ether oxygens (including phenoxy) is 1. The molecule has 0 aromatic carbocycles. The number of carbonyl (C=O) groups is 1. The minimum atomic E-state index is -0.107. The van der Waals surface area contributed by atoms with Crippen LogP contribution in [0.4, 0.5) is 0 Å². The lowest BCUT2D eigenvalue weighted by Gasteiger charge is -2.31. The smallest absolute Gasteiger partial charge is 0.272 e. The average Bonchev–Trinajstić information content (AvgIpc) is 3.33. The molecule has 7 heteroatoms. The number of pyridine rings is 1. The van der Waals surface area contributed by atoms with Crippen LogP contribution in [0.15, 0.2) is 24.4 Å². The van der Waals surface area contributed by atoms with Gasteiger partial charge < -0.3 is 9.64 Å². The molecule has 1 amide bonds. The monoisotopic (exact) mass is 360 g/mol. The molecule has 2 aromatic rings. The Balaban J connectivity index is 1.52. The van der Waals surface area contributed by atoms with Gasteiger partial charge in [0.2, 0.25) is 0 Å². The van der Waals surface area contributed by atoms with Crippen molar-refractivity contribution in [3.63, 3.8) is 0 Å². The van der Waals surface area contributed by atoms with Crippen molar-refractivity contribution in [1.82, 2.24) is 19.7 Å². The van der Waals surface area contributed by atoms with Crippen LogP contribution in [0.5, 0.6) is 0 Å². The van der Waals surface area contributed by atoms with Crippen molar-refractivity contribution in [3.8, 4) is 0 Å². The lowest BCUT2D eigenvalue weighted by Crippen LogP contribution is -2.39. The maximum Gasteiger partial charge on any atom is 0.272 e. The van der Waals surface area contributed by atoms with Gasteiger partial charge >= 0.3 is 0 Å². The topological polar surface area (TPSA) is 60.2 Å². The molecule has 0 radical (unpaired) electrons. The van der Waals surface area contributed by atoms with E-state index in [4.69, 9.17) is 16.3 Å². The van der Waals surface area contributed by atoms with Crippen LogP contribution >= 0.6 is 11.6 Å². The van der Waals surface area contributed by atoms with Crippen molar-refractivity contribution < 1.29 is 9.53 Å². The molecule has 4 rings (SSSR count). The molecule has 0 spiro atoms. The van der Waals surface area contributed by atoms with E-state index < -0.39 is 0 Å². The number of carbonyl (C=O) groups excluding carboxylic acids is 1. The van der Waals surface area contributed by atoms with E-state index in [0.29, 0.717) is 30.5 Å². The molecule has 1 saturated carbocycles. The van der Waals surface area contributed by atoms with Crippen LogP contribution in [0.3, 0.4) is 0 Å². The number of nitrogens with zero attached hydrogens (tertiary/aromatic N) is 4. The number of aryl methyl sites for hydroxylation is 1. The van der Waals surface area contributed by atoms with Crippen LogP contribution in [-0.2, 0) is 18.3 Å². The summed E-state index contributed by atoms with van der Waals surface area (Å²) in [5, 5.41) is 4.92. The molecule has 132 valence electrons. The predicted molar refractivity (Wildman–Crippen MR) is 93.5 cm³/mol. The third-order valence-corrected chi connectivity index (χ3v) is 4.93. The molecule has 1 unspecified atom stereocenters. The second-order valence-electron chi connectivity index (χ2n) is 6.92. The Morgan fingerprint density at radius 2 is 2.20 bits per heavy atom. The first-order chi connectivity index (χ1) is 12.1. The molecule has 1 fully saturated rings. The summed E-state index contributed by atoms with van der Waals surface area (Å²) < 4.78 is 7.70. The molecule has 1 atom stereocenters. The maximum absolute atomic E-state index is 12.8. The number of amides is 1. The van der Waals surface area contributed by atoms with E-state index in [-0.39, 0.29) is 11.8 Å². The van der Waals surface area contributed by atoms with Gasteiger partial charge in [-0.15, -0.1) is 0 Å². The molecule has 3 heterocycles. The van der Waals surface area contributed by atoms with Crippen molar-refractivity contribution >= 4 is 17.5 Å². The summed E-state index contributed by atoms with van der Waals surface area (Å²) in [5.74, 6) is 0.705. The Morgan fingerprint density at radius 1 is 1.36 bits per heavy atom.